The molecule has 2 heterocycles. The Balaban J connectivity index is 1.89. The summed E-state index contributed by atoms with van der Waals surface area (Å²) in [5, 5.41) is 3.16. The lowest BCUT2D eigenvalue weighted by atomic mass is 10.0. The monoisotopic (exact) mass is 235 g/mol. The molecule has 2 rings (SSSR count). The van der Waals surface area contributed by atoms with Crippen molar-refractivity contribution in [2.45, 2.75) is 18.8 Å². The number of nitrogens with two attached hydrogens (primary N) is 1. The van der Waals surface area contributed by atoms with Crippen LogP contribution in [-0.2, 0) is 0 Å². The topological polar surface area (TPSA) is 67.1 Å². The summed E-state index contributed by atoms with van der Waals surface area (Å²) in [6.45, 7) is 3.81. The van der Waals surface area contributed by atoms with Gasteiger partial charge in [0.2, 0.25) is 5.95 Å². The summed E-state index contributed by atoms with van der Waals surface area (Å²) >= 11 is 0. The van der Waals surface area contributed by atoms with Crippen LogP contribution in [0.15, 0.2) is 12.4 Å². The van der Waals surface area contributed by atoms with Crippen molar-refractivity contribution in [3.05, 3.63) is 18.0 Å². The van der Waals surface area contributed by atoms with Gasteiger partial charge < -0.3 is 16.0 Å². The SMILES string of the molecule is CN1CCC(c2cnc(NCCCN)nc2)C1. The third-order valence-electron chi connectivity index (χ3n) is 3.20. The van der Waals surface area contributed by atoms with Crippen molar-refractivity contribution in [1.29, 1.82) is 0 Å². The Morgan fingerprint density at radius 2 is 2.24 bits per heavy atom. The largest absolute Gasteiger partial charge is 0.354 e. The predicted octanol–water partition coefficient (Wildman–Crippen LogP) is 0.656. The molecule has 1 fully saturated rings. The van der Waals surface area contributed by atoms with Crippen LogP contribution in [0.5, 0.6) is 0 Å². The molecule has 17 heavy (non-hydrogen) atoms. The molecule has 0 aliphatic carbocycles. The summed E-state index contributed by atoms with van der Waals surface area (Å²) in [5.41, 5.74) is 6.68. The van der Waals surface area contributed by atoms with Crippen molar-refractivity contribution in [2.75, 3.05) is 38.5 Å². The second kappa shape index (κ2) is 5.93. The van der Waals surface area contributed by atoms with E-state index in [4.69, 9.17) is 5.73 Å². The van der Waals surface area contributed by atoms with Crippen LogP contribution in [0.4, 0.5) is 5.95 Å². The molecule has 94 valence electrons. The Hall–Kier alpha value is -1.20. The average molecular weight is 235 g/mol. The standard InChI is InChI=1S/C12H21N5/c1-17-6-3-10(9-17)11-7-15-12(16-8-11)14-5-2-4-13/h7-8,10H,2-6,9,13H2,1H3,(H,14,15,16). The highest BCUT2D eigenvalue weighted by molar-refractivity contribution is 5.26. The smallest absolute Gasteiger partial charge is 0.222 e. The summed E-state index contributed by atoms with van der Waals surface area (Å²) in [5.74, 6) is 1.30. The van der Waals surface area contributed by atoms with Gasteiger partial charge in [-0.3, -0.25) is 0 Å². The summed E-state index contributed by atoms with van der Waals surface area (Å²) < 4.78 is 0. The number of hydrogen-bond acceptors (Lipinski definition) is 5. The van der Waals surface area contributed by atoms with Gasteiger partial charge in [-0.15, -0.1) is 0 Å². The van der Waals surface area contributed by atoms with E-state index in [0.717, 1.165) is 19.5 Å². The van der Waals surface area contributed by atoms with Crippen LogP contribution in [0, 0.1) is 0 Å². The number of likely N-dealkylation sites (tertiary alicyclic amines) is 1. The van der Waals surface area contributed by atoms with Crippen molar-refractivity contribution in [2.24, 2.45) is 5.73 Å². The number of anilines is 1. The van der Waals surface area contributed by atoms with E-state index < -0.39 is 0 Å². The first-order chi connectivity index (χ1) is 8.29. The van der Waals surface area contributed by atoms with Crippen molar-refractivity contribution in [3.63, 3.8) is 0 Å². The molecule has 0 radical (unpaired) electrons. The summed E-state index contributed by atoms with van der Waals surface area (Å²) in [6.07, 6.45) is 6.04. The van der Waals surface area contributed by atoms with Crippen LogP contribution < -0.4 is 11.1 Å². The van der Waals surface area contributed by atoms with Gasteiger partial charge in [0.1, 0.15) is 0 Å². The van der Waals surface area contributed by atoms with Gasteiger partial charge in [-0.05, 0) is 38.5 Å². The zero-order chi connectivity index (χ0) is 12.1. The van der Waals surface area contributed by atoms with Crippen LogP contribution in [0.25, 0.3) is 0 Å². The third kappa shape index (κ3) is 3.38. The molecule has 5 nitrogen and oxygen atoms in total. The Morgan fingerprint density at radius 1 is 1.47 bits per heavy atom. The molecule has 1 aliphatic rings. The van der Waals surface area contributed by atoms with Gasteiger partial charge in [0.25, 0.3) is 0 Å². The van der Waals surface area contributed by atoms with Crippen LogP contribution in [0.1, 0.15) is 24.3 Å². The first kappa shape index (κ1) is 12.3. The fraction of sp³-hybridized carbons (Fsp3) is 0.667. The van der Waals surface area contributed by atoms with E-state index in [-0.39, 0.29) is 0 Å². The van der Waals surface area contributed by atoms with Crippen LogP contribution in [0.2, 0.25) is 0 Å². The van der Waals surface area contributed by atoms with Crippen molar-refractivity contribution >= 4 is 5.95 Å². The van der Waals surface area contributed by atoms with E-state index in [1.165, 1.54) is 18.5 Å². The molecule has 1 aromatic rings. The molecular formula is C12H21N5. The maximum atomic E-state index is 5.43. The molecule has 1 aliphatic heterocycles. The lowest BCUT2D eigenvalue weighted by molar-refractivity contribution is 0.411. The van der Waals surface area contributed by atoms with Gasteiger partial charge in [-0.1, -0.05) is 0 Å². The van der Waals surface area contributed by atoms with E-state index in [9.17, 15) is 0 Å². The van der Waals surface area contributed by atoms with E-state index in [2.05, 4.69) is 27.2 Å². The fourth-order valence-corrected chi connectivity index (χ4v) is 2.15. The molecule has 3 N–H and O–H groups in total. The number of nitrogens with zero attached hydrogens (tertiary/aromatic N) is 3. The summed E-state index contributed by atoms with van der Waals surface area (Å²) in [4.78, 5) is 11.0. The molecule has 0 amide bonds. The van der Waals surface area contributed by atoms with Crippen molar-refractivity contribution in [3.8, 4) is 0 Å². The number of aromatic nitrogens is 2. The molecule has 1 saturated heterocycles. The molecule has 5 heteroatoms. The Labute approximate surface area is 102 Å². The minimum Gasteiger partial charge on any atom is -0.354 e. The quantitative estimate of drug-likeness (QED) is 0.734. The zero-order valence-electron chi connectivity index (χ0n) is 10.4. The molecular weight excluding hydrogens is 214 g/mol. The second-order valence-corrected chi connectivity index (χ2v) is 4.66. The number of nitrogens with one attached hydrogen (secondary N) is 1. The maximum Gasteiger partial charge on any atom is 0.222 e. The minimum absolute atomic E-state index is 0.595. The van der Waals surface area contributed by atoms with Gasteiger partial charge in [-0.2, -0.15) is 0 Å². The Kier molecular flexibility index (Phi) is 4.28. The lowest BCUT2D eigenvalue weighted by Crippen LogP contribution is -2.14. The van der Waals surface area contributed by atoms with Gasteiger partial charge in [-0.25, -0.2) is 9.97 Å². The third-order valence-corrected chi connectivity index (χ3v) is 3.20. The highest BCUT2D eigenvalue weighted by atomic mass is 15.1. The van der Waals surface area contributed by atoms with Crippen LogP contribution in [-0.4, -0.2) is 48.1 Å². The summed E-state index contributed by atoms with van der Waals surface area (Å²) in [6, 6.07) is 0. The normalized spacial score (nSPS) is 20.7. The number of rotatable bonds is 5. The number of likely N-dealkylation sites (N-methyl/N-ethyl adjacent to an activating group) is 1. The lowest BCUT2D eigenvalue weighted by Gasteiger charge is -2.10. The molecule has 0 spiro atoms. The van der Waals surface area contributed by atoms with E-state index in [1.807, 2.05) is 12.4 Å². The van der Waals surface area contributed by atoms with Gasteiger partial charge >= 0.3 is 0 Å². The number of hydrogen-bond donors (Lipinski definition) is 2. The first-order valence-electron chi connectivity index (χ1n) is 6.24. The molecule has 0 saturated carbocycles. The Morgan fingerprint density at radius 3 is 2.82 bits per heavy atom. The van der Waals surface area contributed by atoms with E-state index in [0.29, 0.717) is 18.4 Å². The zero-order valence-corrected chi connectivity index (χ0v) is 10.4. The van der Waals surface area contributed by atoms with Crippen LogP contribution in [0.3, 0.4) is 0 Å². The highest BCUT2D eigenvalue weighted by Gasteiger charge is 2.21. The highest BCUT2D eigenvalue weighted by Crippen LogP contribution is 2.25. The van der Waals surface area contributed by atoms with Crippen molar-refractivity contribution in [1.82, 2.24) is 14.9 Å². The van der Waals surface area contributed by atoms with E-state index in [1.54, 1.807) is 0 Å². The van der Waals surface area contributed by atoms with Crippen LogP contribution >= 0.6 is 0 Å². The predicted molar refractivity (Wildman–Crippen MR) is 69.0 cm³/mol. The molecule has 0 aromatic carbocycles. The van der Waals surface area contributed by atoms with Gasteiger partial charge in [0.05, 0.1) is 0 Å². The Bertz CT molecular complexity index is 337. The maximum absolute atomic E-state index is 5.43. The average Bonchev–Trinajstić information content (AvgIpc) is 2.77. The van der Waals surface area contributed by atoms with Gasteiger partial charge in [0.15, 0.2) is 0 Å². The molecule has 0 bridgehead atoms. The van der Waals surface area contributed by atoms with Gasteiger partial charge in [0, 0.05) is 31.4 Å². The first-order valence-corrected chi connectivity index (χ1v) is 6.24. The molecule has 1 aromatic heterocycles. The fourth-order valence-electron chi connectivity index (χ4n) is 2.15. The summed E-state index contributed by atoms with van der Waals surface area (Å²) in [7, 11) is 2.16. The minimum atomic E-state index is 0.595. The molecule has 1 atom stereocenters. The second-order valence-electron chi connectivity index (χ2n) is 4.66. The van der Waals surface area contributed by atoms with Crippen molar-refractivity contribution < 1.29 is 0 Å². The van der Waals surface area contributed by atoms with E-state index >= 15 is 0 Å². The molecule has 1 unspecified atom stereocenters.